The zero-order valence-corrected chi connectivity index (χ0v) is 20.8. The second-order valence-corrected chi connectivity index (χ2v) is 8.84. The molecule has 2 aromatic carbocycles. The van der Waals surface area contributed by atoms with Crippen LogP contribution in [0.3, 0.4) is 0 Å². The second-order valence-electron chi connectivity index (χ2n) is 8.84. The number of furan rings is 1. The summed E-state index contributed by atoms with van der Waals surface area (Å²) in [5, 5.41) is 14.0. The van der Waals surface area contributed by atoms with Gasteiger partial charge in [0.1, 0.15) is 23.9 Å². The SMILES string of the molecule is CNC(=O)c1c(-c2ccc(F)cc2)oc2nc(NCC(F)(F)F)c(-c3cccc(C(=O)CC(C)C#N)c3)cc12. The molecule has 1 unspecified atom stereocenters. The molecule has 200 valence electrons. The first-order valence-corrected chi connectivity index (χ1v) is 11.8. The van der Waals surface area contributed by atoms with Crippen molar-refractivity contribution in [1.29, 1.82) is 5.26 Å². The molecule has 0 saturated heterocycles. The van der Waals surface area contributed by atoms with E-state index in [1.54, 1.807) is 25.1 Å². The molecular formula is C28H22F4N4O3. The minimum Gasteiger partial charge on any atom is -0.437 e. The lowest BCUT2D eigenvalue weighted by Crippen LogP contribution is -2.22. The Morgan fingerprint density at radius 1 is 1.10 bits per heavy atom. The van der Waals surface area contributed by atoms with Crippen molar-refractivity contribution < 1.29 is 31.6 Å². The van der Waals surface area contributed by atoms with Crippen LogP contribution >= 0.6 is 0 Å². The van der Waals surface area contributed by atoms with E-state index in [2.05, 4.69) is 15.6 Å². The van der Waals surface area contributed by atoms with E-state index in [4.69, 9.17) is 9.68 Å². The van der Waals surface area contributed by atoms with Gasteiger partial charge in [-0.15, -0.1) is 0 Å². The van der Waals surface area contributed by atoms with E-state index in [1.807, 2.05) is 6.07 Å². The largest absolute Gasteiger partial charge is 0.437 e. The van der Waals surface area contributed by atoms with Crippen LogP contribution in [-0.2, 0) is 0 Å². The van der Waals surface area contributed by atoms with Crippen molar-refractivity contribution in [3.05, 3.63) is 71.5 Å². The quantitative estimate of drug-likeness (QED) is 0.199. The van der Waals surface area contributed by atoms with Gasteiger partial charge >= 0.3 is 6.18 Å². The van der Waals surface area contributed by atoms with Gasteiger partial charge in [0.25, 0.3) is 5.91 Å². The molecule has 4 rings (SSSR count). The molecule has 0 spiro atoms. The molecule has 7 nitrogen and oxygen atoms in total. The Hall–Kier alpha value is -4.72. The average molecular weight is 539 g/mol. The molecule has 0 aliphatic heterocycles. The summed E-state index contributed by atoms with van der Waals surface area (Å²) in [5.74, 6) is -2.00. The van der Waals surface area contributed by atoms with Gasteiger partial charge in [0.15, 0.2) is 5.78 Å². The first-order chi connectivity index (χ1) is 18.5. The van der Waals surface area contributed by atoms with Crippen molar-refractivity contribution >= 4 is 28.6 Å². The number of aromatic nitrogens is 1. The van der Waals surface area contributed by atoms with Crippen LogP contribution < -0.4 is 10.6 Å². The number of fused-ring (bicyclic) bond motifs is 1. The molecule has 0 radical (unpaired) electrons. The summed E-state index contributed by atoms with van der Waals surface area (Å²) in [6, 6.07) is 14.8. The zero-order chi connectivity index (χ0) is 28.3. The number of anilines is 1. The van der Waals surface area contributed by atoms with Gasteiger partial charge in [-0.2, -0.15) is 23.4 Å². The molecule has 2 aromatic heterocycles. The number of halogens is 4. The molecule has 39 heavy (non-hydrogen) atoms. The number of hydrogen-bond donors (Lipinski definition) is 2. The second kappa shape index (κ2) is 10.9. The molecule has 2 heterocycles. The topological polar surface area (TPSA) is 108 Å². The molecule has 0 aliphatic carbocycles. The minimum atomic E-state index is -4.56. The maximum atomic E-state index is 13.5. The molecule has 1 atom stereocenters. The van der Waals surface area contributed by atoms with Gasteiger partial charge in [-0.3, -0.25) is 9.59 Å². The van der Waals surface area contributed by atoms with Gasteiger partial charge in [-0.1, -0.05) is 18.2 Å². The molecular weight excluding hydrogens is 516 g/mol. The summed E-state index contributed by atoms with van der Waals surface area (Å²) in [4.78, 5) is 29.9. The van der Waals surface area contributed by atoms with E-state index >= 15 is 0 Å². The lowest BCUT2D eigenvalue weighted by Gasteiger charge is -2.14. The van der Waals surface area contributed by atoms with Crippen LogP contribution in [0.4, 0.5) is 23.4 Å². The highest BCUT2D eigenvalue weighted by Gasteiger charge is 2.29. The fraction of sp³-hybridized carbons (Fsp3) is 0.214. The number of alkyl halides is 3. The van der Waals surface area contributed by atoms with Gasteiger partial charge in [-0.05, 0) is 48.9 Å². The predicted molar refractivity (Wildman–Crippen MR) is 136 cm³/mol. The van der Waals surface area contributed by atoms with Crippen molar-refractivity contribution in [2.45, 2.75) is 19.5 Å². The summed E-state index contributed by atoms with van der Waals surface area (Å²) < 4.78 is 58.7. The Bertz CT molecular complexity index is 1590. The van der Waals surface area contributed by atoms with E-state index in [-0.39, 0.29) is 51.6 Å². The average Bonchev–Trinajstić information content (AvgIpc) is 3.29. The fourth-order valence-electron chi connectivity index (χ4n) is 4.02. The van der Waals surface area contributed by atoms with Crippen molar-refractivity contribution in [2.75, 3.05) is 18.9 Å². The monoisotopic (exact) mass is 538 g/mol. The Morgan fingerprint density at radius 3 is 2.46 bits per heavy atom. The normalized spacial score (nSPS) is 12.1. The zero-order valence-electron chi connectivity index (χ0n) is 20.8. The van der Waals surface area contributed by atoms with Gasteiger partial charge in [0.05, 0.1) is 22.9 Å². The van der Waals surface area contributed by atoms with Crippen molar-refractivity contribution in [2.24, 2.45) is 5.92 Å². The summed E-state index contributed by atoms with van der Waals surface area (Å²) in [7, 11) is 1.40. The van der Waals surface area contributed by atoms with Gasteiger partial charge in [0.2, 0.25) is 5.71 Å². The third-order valence-electron chi connectivity index (χ3n) is 5.91. The fourth-order valence-corrected chi connectivity index (χ4v) is 4.02. The Balaban J connectivity index is 1.93. The van der Waals surface area contributed by atoms with Gasteiger partial charge < -0.3 is 15.1 Å². The van der Waals surface area contributed by atoms with Crippen LogP contribution in [0.25, 0.3) is 33.6 Å². The Morgan fingerprint density at radius 2 is 1.82 bits per heavy atom. The van der Waals surface area contributed by atoms with E-state index < -0.39 is 30.4 Å². The third kappa shape index (κ3) is 6.06. The van der Waals surface area contributed by atoms with Crippen LogP contribution in [0.5, 0.6) is 0 Å². The van der Waals surface area contributed by atoms with Gasteiger partial charge in [0, 0.05) is 30.2 Å². The summed E-state index contributed by atoms with van der Waals surface area (Å²) in [5.41, 5.74) is 1.12. The third-order valence-corrected chi connectivity index (χ3v) is 5.91. The van der Waals surface area contributed by atoms with Crippen LogP contribution in [0.15, 0.2) is 59.0 Å². The number of ketones is 1. The smallest absolute Gasteiger partial charge is 0.405 e. The summed E-state index contributed by atoms with van der Waals surface area (Å²) in [6.45, 7) is 0.210. The van der Waals surface area contributed by atoms with E-state index in [0.717, 1.165) is 0 Å². The van der Waals surface area contributed by atoms with E-state index in [0.29, 0.717) is 11.1 Å². The minimum absolute atomic E-state index is 0.0278. The van der Waals surface area contributed by atoms with Crippen LogP contribution in [0.1, 0.15) is 34.1 Å². The number of nitriles is 1. The number of benzene rings is 2. The molecule has 1 amide bonds. The number of nitrogens with one attached hydrogen (secondary N) is 2. The van der Waals surface area contributed by atoms with Crippen LogP contribution in [0.2, 0.25) is 0 Å². The van der Waals surface area contributed by atoms with Crippen LogP contribution in [-0.4, -0.2) is 36.4 Å². The molecule has 0 aliphatic rings. The molecule has 11 heteroatoms. The molecule has 2 N–H and O–H groups in total. The standard InChI is InChI=1S/C28H22F4N4O3/c1-15(13-33)10-22(37)18-5-3-4-17(11-18)20-12-21-23(26(38)34-2)24(16-6-8-19(29)9-7-16)39-27(21)36-25(20)35-14-28(30,31)32/h3-9,11-12,15H,10,14H2,1-2H3,(H,34,38)(H,35,36). The van der Waals surface area contributed by atoms with E-state index in [9.17, 15) is 27.2 Å². The molecule has 0 fully saturated rings. The number of pyridine rings is 1. The highest BCUT2D eigenvalue weighted by molar-refractivity contribution is 6.11. The summed E-state index contributed by atoms with van der Waals surface area (Å²) >= 11 is 0. The predicted octanol–water partition coefficient (Wildman–Crippen LogP) is 6.37. The van der Waals surface area contributed by atoms with Crippen molar-refractivity contribution in [3.63, 3.8) is 0 Å². The van der Waals surface area contributed by atoms with E-state index in [1.165, 1.54) is 43.4 Å². The maximum Gasteiger partial charge on any atom is 0.405 e. The number of rotatable bonds is 8. The maximum absolute atomic E-state index is 13.5. The Labute approximate surface area is 220 Å². The van der Waals surface area contributed by atoms with Crippen LogP contribution in [0, 0.1) is 23.1 Å². The number of amides is 1. The highest BCUT2D eigenvalue weighted by atomic mass is 19.4. The lowest BCUT2D eigenvalue weighted by molar-refractivity contribution is -0.115. The number of Topliss-reactive ketones (excluding diaryl/α,β-unsaturated/α-hetero) is 1. The number of carbonyl (C=O) groups is 2. The lowest BCUT2D eigenvalue weighted by atomic mass is 9.96. The molecule has 0 saturated carbocycles. The molecule has 0 bridgehead atoms. The van der Waals surface area contributed by atoms with Gasteiger partial charge in [-0.25, -0.2) is 4.39 Å². The number of hydrogen-bond acceptors (Lipinski definition) is 6. The first kappa shape index (κ1) is 27.3. The first-order valence-electron chi connectivity index (χ1n) is 11.8. The molecule has 4 aromatic rings. The number of carbonyl (C=O) groups excluding carboxylic acids is 2. The Kier molecular flexibility index (Phi) is 7.67. The summed E-state index contributed by atoms with van der Waals surface area (Å²) in [6.07, 6.45) is -4.59. The highest BCUT2D eigenvalue weighted by Crippen LogP contribution is 2.38. The van der Waals surface area contributed by atoms with Crippen molar-refractivity contribution in [3.8, 4) is 28.5 Å². The van der Waals surface area contributed by atoms with Crippen molar-refractivity contribution in [1.82, 2.24) is 10.3 Å². The number of nitrogens with zero attached hydrogens (tertiary/aromatic N) is 2.